The number of H-pyrrole nitrogens is 1. The van der Waals surface area contributed by atoms with E-state index in [0.717, 1.165) is 21.2 Å². The zero-order valence-electron chi connectivity index (χ0n) is 14.0. The molecule has 0 aliphatic rings. The van der Waals surface area contributed by atoms with Gasteiger partial charge in [0.1, 0.15) is 0 Å². The first-order valence-electron chi connectivity index (χ1n) is 8.03. The molecule has 2 heterocycles. The summed E-state index contributed by atoms with van der Waals surface area (Å²) in [5, 5.41) is 15.6. The van der Waals surface area contributed by atoms with Gasteiger partial charge in [0, 0.05) is 21.7 Å². The molecular formula is C18H13ClF3N5. The Morgan fingerprint density at radius 1 is 1.07 bits per heavy atom. The highest BCUT2D eigenvalue weighted by Crippen LogP contribution is 2.32. The fraction of sp³-hybridized carbons (Fsp3) is 0.167. The summed E-state index contributed by atoms with van der Waals surface area (Å²) in [5.74, 6) is -0.906. The Labute approximate surface area is 156 Å². The molecule has 2 aromatic carbocycles. The van der Waals surface area contributed by atoms with Crippen molar-refractivity contribution in [2.75, 3.05) is 0 Å². The Hall–Kier alpha value is -2.87. The van der Waals surface area contributed by atoms with E-state index >= 15 is 0 Å². The second-order valence-corrected chi connectivity index (χ2v) is 6.57. The van der Waals surface area contributed by atoms with E-state index in [9.17, 15) is 13.2 Å². The maximum Gasteiger partial charge on any atom is 0.451 e. The Bertz CT molecular complexity index is 1110. The largest absolute Gasteiger partial charge is 0.451 e. The highest BCUT2D eigenvalue weighted by Gasteiger charge is 2.38. The van der Waals surface area contributed by atoms with Crippen LogP contribution in [0.3, 0.4) is 0 Å². The molecule has 0 aliphatic heterocycles. The molecule has 138 valence electrons. The number of hydrogen-bond acceptors (Lipinski definition) is 3. The quantitative estimate of drug-likeness (QED) is 0.543. The van der Waals surface area contributed by atoms with E-state index in [4.69, 9.17) is 11.6 Å². The van der Waals surface area contributed by atoms with Crippen LogP contribution >= 0.6 is 11.6 Å². The van der Waals surface area contributed by atoms with Crippen molar-refractivity contribution in [3.63, 3.8) is 0 Å². The monoisotopic (exact) mass is 391 g/mol. The number of fused-ring (bicyclic) bond motifs is 1. The summed E-state index contributed by atoms with van der Waals surface area (Å²) in [7, 11) is 0. The van der Waals surface area contributed by atoms with Crippen molar-refractivity contribution in [2.24, 2.45) is 0 Å². The molecule has 0 radical (unpaired) electrons. The lowest BCUT2D eigenvalue weighted by atomic mass is 10.1. The van der Waals surface area contributed by atoms with Crippen molar-refractivity contribution in [1.82, 2.24) is 25.0 Å². The molecule has 1 N–H and O–H groups in total. The van der Waals surface area contributed by atoms with Crippen molar-refractivity contribution in [3.8, 4) is 11.4 Å². The third-order valence-electron chi connectivity index (χ3n) is 4.26. The van der Waals surface area contributed by atoms with Crippen LogP contribution < -0.4 is 0 Å². The number of aromatic amines is 1. The molecule has 0 atom stereocenters. The summed E-state index contributed by atoms with van der Waals surface area (Å²) in [6, 6.07) is 11.8. The maximum absolute atomic E-state index is 13.5. The van der Waals surface area contributed by atoms with Gasteiger partial charge in [-0.15, -0.1) is 10.2 Å². The molecule has 27 heavy (non-hydrogen) atoms. The zero-order chi connectivity index (χ0) is 19.2. The van der Waals surface area contributed by atoms with Gasteiger partial charge in [-0.3, -0.25) is 9.67 Å². The molecule has 0 bridgehead atoms. The molecular weight excluding hydrogens is 379 g/mol. The van der Waals surface area contributed by atoms with Gasteiger partial charge in [0.2, 0.25) is 5.82 Å². The van der Waals surface area contributed by atoms with Crippen LogP contribution in [0.4, 0.5) is 13.2 Å². The van der Waals surface area contributed by atoms with E-state index in [2.05, 4.69) is 20.4 Å². The minimum Gasteiger partial charge on any atom is -0.299 e. The molecule has 0 aliphatic carbocycles. The highest BCUT2D eigenvalue weighted by atomic mass is 35.5. The van der Waals surface area contributed by atoms with Crippen molar-refractivity contribution in [2.45, 2.75) is 19.6 Å². The molecule has 0 unspecified atom stereocenters. The number of benzene rings is 2. The molecule has 0 saturated carbocycles. The minimum atomic E-state index is -4.62. The number of aryl methyl sites for hydroxylation is 1. The van der Waals surface area contributed by atoms with Gasteiger partial charge < -0.3 is 0 Å². The Kier molecular flexibility index (Phi) is 4.15. The van der Waals surface area contributed by atoms with Crippen LogP contribution in [0, 0.1) is 6.92 Å². The van der Waals surface area contributed by atoms with Gasteiger partial charge in [0.15, 0.2) is 5.82 Å². The van der Waals surface area contributed by atoms with Gasteiger partial charge in [0.25, 0.3) is 0 Å². The topological polar surface area (TPSA) is 59.4 Å². The normalized spacial score (nSPS) is 12.0. The third kappa shape index (κ3) is 3.28. The van der Waals surface area contributed by atoms with Gasteiger partial charge in [-0.2, -0.15) is 18.3 Å². The van der Waals surface area contributed by atoms with Crippen molar-refractivity contribution in [3.05, 3.63) is 64.6 Å². The lowest BCUT2D eigenvalue weighted by Gasteiger charge is -2.12. The lowest BCUT2D eigenvalue weighted by Crippen LogP contribution is -2.16. The SMILES string of the molecule is Cc1[nH]nc2ccc(-c3nnc(C(F)(F)F)n3Cc3ccc(Cl)cc3)cc12. The van der Waals surface area contributed by atoms with Crippen LogP contribution in [0.15, 0.2) is 42.5 Å². The number of nitrogens with one attached hydrogen (secondary N) is 1. The Balaban J connectivity index is 1.85. The van der Waals surface area contributed by atoms with Crippen LogP contribution in [0.5, 0.6) is 0 Å². The van der Waals surface area contributed by atoms with Crippen molar-refractivity contribution in [1.29, 1.82) is 0 Å². The first kappa shape index (κ1) is 17.5. The van der Waals surface area contributed by atoms with E-state index < -0.39 is 12.0 Å². The van der Waals surface area contributed by atoms with E-state index in [1.54, 1.807) is 42.5 Å². The smallest absolute Gasteiger partial charge is 0.299 e. The molecule has 0 spiro atoms. The van der Waals surface area contributed by atoms with Crippen molar-refractivity contribution >= 4 is 22.5 Å². The fourth-order valence-corrected chi connectivity index (χ4v) is 3.05. The van der Waals surface area contributed by atoms with Crippen molar-refractivity contribution < 1.29 is 13.2 Å². The van der Waals surface area contributed by atoms with Gasteiger partial charge in [-0.05, 0) is 42.8 Å². The first-order valence-corrected chi connectivity index (χ1v) is 8.40. The molecule has 9 heteroatoms. The molecule has 4 rings (SSSR count). The number of nitrogens with zero attached hydrogens (tertiary/aromatic N) is 4. The van der Waals surface area contributed by atoms with E-state index in [1.807, 2.05) is 6.92 Å². The average Bonchev–Trinajstić information content (AvgIpc) is 3.20. The van der Waals surface area contributed by atoms with Crippen LogP contribution in [0.25, 0.3) is 22.3 Å². The summed E-state index contributed by atoms with van der Waals surface area (Å²) < 4.78 is 41.4. The number of hydrogen-bond donors (Lipinski definition) is 1. The van der Waals surface area contributed by atoms with Crippen LogP contribution in [0.1, 0.15) is 17.1 Å². The van der Waals surface area contributed by atoms with Gasteiger partial charge >= 0.3 is 6.18 Å². The fourth-order valence-electron chi connectivity index (χ4n) is 2.93. The summed E-state index contributed by atoms with van der Waals surface area (Å²) in [6.45, 7) is 1.81. The van der Waals surface area contributed by atoms with Gasteiger partial charge in [-0.1, -0.05) is 23.7 Å². The number of rotatable bonds is 3. The second kappa shape index (κ2) is 6.38. The van der Waals surface area contributed by atoms with Crippen LogP contribution in [0.2, 0.25) is 5.02 Å². The number of halogens is 4. The van der Waals surface area contributed by atoms with E-state index in [-0.39, 0.29) is 12.4 Å². The summed E-state index contributed by atoms with van der Waals surface area (Å²) in [4.78, 5) is 0. The molecule has 4 aromatic rings. The average molecular weight is 392 g/mol. The second-order valence-electron chi connectivity index (χ2n) is 6.14. The molecule has 5 nitrogen and oxygen atoms in total. The summed E-state index contributed by atoms with van der Waals surface area (Å²) >= 11 is 5.86. The Morgan fingerprint density at radius 2 is 1.81 bits per heavy atom. The Morgan fingerprint density at radius 3 is 2.52 bits per heavy atom. The molecule has 0 fully saturated rings. The summed E-state index contributed by atoms with van der Waals surface area (Å²) in [6.07, 6.45) is -4.62. The first-order chi connectivity index (χ1) is 12.8. The predicted octanol–water partition coefficient (Wildman–Crippen LogP) is 4.85. The highest BCUT2D eigenvalue weighted by molar-refractivity contribution is 6.30. The molecule has 0 amide bonds. The van der Waals surface area contributed by atoms with Crippen LogP contribution in [-0.2, 0) is 12.7 Å². The lowest BCUT2D eigenvalue weighted by molar-refractivity contribution is -0.147. The van der Waals surface area contributed by atoms with E-state index in [1.165, 1.54) is 0 Å². The maximum atomic E-state index is 13.5. The number of aromatic nitrogens is 5. The number of alkyl halides is 3. The standard InChI is InChI=1S/C18H13ClF3N5/c1-10-14-8-12(4-7-15(14)24-23-10)16-25-26-17(18(20,21)22)27(16)9-11-2-5-13(19)6-3-11/h2-8H,9H2,1H3,(H,23,24). The minimum absolute atomic E-state index is 0.0310. The zero-order valence-corrected chi connectivity index (χ0v) is 14.8. The molecule has 2 aromatic heterocycles. The van der Waals surface area contributed by atoms with Gasteiger partial charge in [0.05, 0.1) is 12.1 Å². The van der Waals surface area contributed by atoms with Gasteiger partial charge in [-0.25, -0.2) is 0 Å². The third-order valence-corrected chi connectivity index (χ3v) is 4.51. The summed E-state index contributed by atoms with van der Waals surface area (Å²) in [5.41, 5.74) is 2.75. The molecule has 0 saturated heterocycles. The van der Waals surface area contributed by atoms with Crippen LogP contribution in [-0.4, -0.2) is 25.0 Å². The predicted molar refractivity (Wildman–Crippen MR) is 95.4 cm³/mol. The van der Waals surface area contributed by atoms with E-state index in [0.29, 0.717) is 16.1 Å².